The van der Waals surface area contributed by atoms with Crippen LogP contribution in [-0.2, 0) is 4.79 Å². The molecule has 0 aromatic rings. The zero-order valence-corrected chi connectivity index (χ0v) is 3.82. The van der Waals surface area contributed by atoms with E-state index in [9.17, 15) is 4.79 Å². The van der Waals surface area contributed by atoms with E-state index in [-0.39, 0.29) is 5.91 Å². The normalized spacial score (nSPS) is 7.67. The summed E-state index contributed by atoms with van der Waals surface area (Å²) < 4.78 is 0. The molecule has 0 aromatic carbocycles. The standard InChI is InChI=1S/C4H8NO/c1-3-4(6)5-2/h2-3H2,1H3,(H,5,6). The summed E-state index contributed by atoms with van der Waals surface area (Å²) in [6.07, 6.45) is 0.517. The van der Waals surface area contributed by atoms with Gasteiger partial charge in [0.05, 0.1) is 0 Å². The third-order valence-corrected chi connectivity index (χ3v) is 0.518. The van der Waals surface area contributed by atoms with Crippen LogP contribution in [0.4, 0.5) is 0 Å². The van der Waals surface area contributed by atoms with Gasteiger partial charge < -0.3 is 5.32 Å². The predicted molar refractivity (Wildman–Crippen MR) is 23.8 cm³/mol. The number of amides is 1. The van der Waals surface area contributed by atoms with E-state index >= 15 is 0 Å². The van der Waals surface area contributed by atoms with Gasteiger partial charge in [0.1, 0.15) is 0 Å². The van der Waals surface area contributed by atoms with Crippen LogP contribution in [0.1, 0.15) is 13.3 Å². The molecular weight excluding hydrogens is 78.0 g/mol. The van der Waals surface area contributed by atoms with Crippen LogP contribution in [-0.4, -0.2) is 5.91 Å². The van der Waals surface area contributed by atoms with Crippen LogP contribution in [0.3, 0.4) is 0 Å². The molecule has 35 valence electrons. The third-order valence-electron chi connectivity index (χ3n) is 0.518. The quantitative estimate of drug-likeness (QED) is 0.488. The average molecular weight is 86.1 g/mol. The lowest BCUT2D eigenvalue weighted by Crippen LogP contribution is -2.12. The molecule has 0 spiro atoms. The number of hydrogen-bond acceptors (Lipinski definition) is 1. The lowest BCUT2D eigenvalue weighted by Gasteiger charge is -1.86. The maximum absolute atomic E-state index is 10.0. The molecule has 0 bridgehead atoms. The Kier molecular flexibility index (Phi) is 2.46. The SMILES string of the molecule is [CH2]NC(=O)CC. The molecular formula is C4H8NO. The van der Waals surface area contributed by atoms with Crippen LogP contribution in [0.2, 0.25) is 0 Å². The van der Waals surface area contributed by atoms with E-state index in [0.717, 1.165) is 0 Å². The topological polar surface area (TPSA) is 29.1 Å². The second kappa shape index (κ2) is 2.69. The van der Waals surface area contributed by atoms with E-state index in [1.165, 1.54) is 0 Å². The van der Waals surface area contributed by atoms with Crippen molar-refractivity contribution in [2.45, 2.75) is 13.3 Å². The Morgan fingerprint density at radius 2 is 2.50 bits per heavy atom. The second-order valence-electron chi connectivity index (χ2n) is 0.954. The first kappa shape index (κ1) is 5.47. The first-order chi connectivity index (χ1) is 2.81. The molecule has 0 saturated carbocycles. The van der Waals surface area contributed by atoms with Gasteiger partial charge in [-0.25, -0.2) is 0 Å². The number of carbonyl (C=O) groups is 1. The zero-order chi connectivity index (χ0) is 4.99. The fourth-order valence-corrected chi connectivity index (χ4v) is 0.125. The van der Waals surface area contributed by atoms with Gasteiger partial charge in [0.25, 0.3) is 0 Å². The maximum atomic E-state index is 10.0. The highest BCUT2D eigenvalue weighted by Crippen LogP contribution is 1.69. The molecule has 0 fully saturated rings. The van der Waals surface area contributed by atoms with E-state index in [2.05, 4.69) is 12.4 Å². The smallest absolute Gasteiger partial charge is 0.219 e. The minimum Gasteiger partial charge on any atom is -0.354 e. The average Bonchev–Trinajstić information content (AvgIpc) is 1.65. The van der Waals surface area contributed by atoms with E-state index < -0.39 is 0 Å². The Labute approximate surface area is 37.5 Å². The van der Waals surface area contributed by atoms with Crippen LogP contribution in [0.25, 0.3) is 0 Å². The molecule has 0 atom stereocenters. The number of carbonyl (C=O) groups excluding carboxylic acids is 1. The summed E-state index contributed by atoms with van der Waals surface area (Å²) >= 11 is 0. The molecule has 0 saturated heterocycles. The van der Waals surface area contributed by atoms with Gasteiger partial charge in [0, 0.05) is 13.5 Å². The van der Waals surface area contributed by atoms with Crippen molar-refractivity contribution in [2.75, 3.05) is 0 Å². The highest BCUT2D eigenvalue weighted by molar-refractivity contribution is 5.75. The summed E-state index contributed by atoms with van der Waals surface area (Å²) in [7, 11) is 3.16. The Bertz CT molecular complexity index is 45.5. The van der Waals surface area contributed by atoms with Gasteiger partial charge in [-0.15, -0.1) is 0 Å². The molecule has 0 aliphatic rings. The molecule has 0 aliphatic heterocycles. The van der Waals surface area contributed by atoms with Crippen molar-refractivity contribution in [3.8, 4) is 0 Å². The van der Waals surface area contributed by atoms with Crippen molar-refractivity contribution in [1.29, 1.82) is 0 Å². The predicted octanol–water partition coefficient (Wildman–Crippen LogP) is 0.304. The summed E-state index contributed by atoms with van der Waals surface area (Å²) in [5, 5.41) is 2.23. The summed E-state index contributed by atoms with van der Waals surface area (Å²) in [5.41, 5.74) is 0. The summed E-state index contributed by atoms with van der Waals surface area (Å²) in [4.78, 5) is 10.0. The van der Waals surface area contributed by atoms with Crippen LogP contribution < -0.4 is 5.32 Å². The minimum absolute atomic E-state index is 0.0185. The van der Waals surface area contributed by atoms with Crippen molar-refractivity contribution in [2.24, 2.45) is 0 Å². The van der Waals surface area contributed by atoms with Gasteiger partial charge in [0.2, 0.25) is 5.91 Å². The minimum atomic E-state index is -0.0185. The summed E-state index contributed by atoms with van der Waals surface area (Å²) in [6.45, 7) is 1.78. The van der Waals surface area contributed by atoms with Gasteiger partial charge in [-0.2, -0.15) is 0 Å². The lowest BCUT2D eigenvalue weighted by atomic mass is 10.5. The van der Waals surface area contributed by atoms with Crippen LogP contribution in [0.5, 0.6) is 0 Å². The first-order valence-electron chi connectivity index (χ1n) is 1.87. The van der Waals surface area contributed by atoms with Crippen molar-refractivity contribution >= 4 is 5.91 Å². The van der Waals surface area contributed by atoms with E-state index in [4.69, 9.17) is 0 Å². The first-order valence-corrected chi connectivity index (χ1v) is 1.87. The van der Waals surface area contributed by atoms with Crippen molar-refractivity contribution in [1.82, 2.24) is 5.32 Å². The van der Waals surface area contributed by atoms with Gasteiger partial charge >= 0.3 is 0 Å². The largest absolute Gasteiger partial charge is 0.354 e. The Morgan fingerprint density at radius 1 is 2.00 bits per heavy atom. The third kappa shape index (κ3) is 1.76. The van der Waals surface area contributed by atoms with E-state index in [1.807, 2.05) is 0 Å². The van der Waals surface area contributed by atoms with Crippen molar-refractivity contribution in [3.05, 3.63) is 7.05 Å². The fraction of sp³-hybridized carbons (Fsp3) is 0.500. The highest BCUT2D eigenvalue weighted by Gasteiger charge is 1.84. The summed E-state index contributed by atoms with van der Waals surface area (Å²) in [6, 6.07) is 0. The van der Waals surface area contributed by atoms with E-state index in [0.29, 0.717) is 6.42 Å². The number of nitrogens with one attached hydrogen (secondary N) is 1. The number of hydrogen-bond donors (Lipinski definition) is 1. The molecule has 0 rings (SSSR count). The van der Waals surface area contributed by atoms with Crippen LogP contribution in [0, 0.1) is 7.05 Å². The molecule has 2 heteroatoms. The van der Waals surface area contributed by atoms with Gasteiger partial charge in [0.15, 0.2) is 0 Å². The molecule has 0 aliphatic carbocycles. The van der Waals surface area contributed by atoms with Gasteiger partial charge in [-0.05, 0) is 0 Å². The van der Waals surface area contributed by atoms with Gasteiger partial charge in [-0.3, -0.25) is 4.79 Å². The Hall–Kier alpha value is -0.530. The maximum Gasteiger partial charge on any atom is 0.219 e. The van der Waals surface area contributed by atoms with Crippen LogP contribution >= 0.6 is 0 Å². The summed E-state index contributed by atoms with van der Waals surface area (Å²) in [5.74, 6) is -0.0185. The highest BCUT2D eigenvalue weighted by atomic mass is 16.1. The fourth-order valence-electron chi connectivity index (χ4n) is 0.125. The number of rotatable bonds is 1. The van der Waals surface area contributed by atoms with E-state index in [1.54, 1.807) is 6.92 Å². The molecule has 1 amide bonds. The second-order valence-corrected chi connectivity index (χ2v) is 0.954. The lowest BCUT2D eigenvalue weighted by molar-refractivity contribution is -0.119. The Balaban J connectivity index is 2.99. The molecule has 0 aromatic heterocycles. The molecule has 0 unspecified atom stereocenters. The molecule has 0 heterocycles. The van der Waals surface area contributed by atoms with Crippen molar-refractivity contribution < 1.29 is 4.79 Å². The Morgan fingerprint density at radius 3 is 2.50 bits per heavy atom. The molecule has 6 heavy (non-hydrogen) atoms. The van der Waals surface area contributed by atoms with Gasteiger partial charge in [-0.1, -0.05) is 6.92 Å². The van der Waals surface area contributed by atoms with Crippen molar-refractivity contribution in [3.63, 3.8) is 0 Å². The molecule has 1 radical (unpaired) electrons. The molecule has 1 N–H and O–H groups in total. The zero-order valence-electron chi connectivity index (χ0n) is 3.82. The monoisotopic (exact) mass is 86.1 g/mol. The molecule has 2 nitrogen and oxygen atoms in total. The van der Waals surface area contributed by atoms with Crippen LogP contribution in [0.15, 0.2) is 0 Å².